The number of nitrogens with two attached hydrogens (primary N) is 2. The van der Waals surface area contributed by atoms with Gasteiger partial charge in [0.15, 0.2) is 0 Å². The Bertz CT molecular complexity index is 1120. The number of anilines is 1. The first-order valence-electron chi connectivity index (χ1n) is 10.7. The van der Waals surface area contributed by atoms with Crippen molar-refractivity contribution in [1.82, 2.24) is 5.32 Å². The van der Waals surface area contributed by atoms with E-state index in [4.69, 9.17) is 17.0 Å². The average molecular weight is 449 g/mol. The molecule has 0 spiro atoms. The average Bonchev–Trinajstić information content (AvgIpc) is 2.79. The summed E-state index contributed by atoms with van der Waals surface area (Å²) in [5.74, 6) is -1.48. The minimum atomic E-state index is -0.795. The molecule has 2 aromatic rings. The van der Waals surface area contributed by atoms with Gasteiger partial charge in [0, 0.05) is 24.0 Å². The molecule has 0 saturated heterocycles. The third-order valence-corrected chi connectivity index (χ3v) is 5.61. The molecule has 1 aliphatic rings. The van der Waals surface area contributed by atoms with Gasteiger partial charge in [0.05, 0.1) is 17.9 Å². The predicted octanol–water partition coefficient (Wildman–Crippen LogP) is 2.75. The Balaban J connectivity index is 1.90. The topological polar surface area (TPSA) is 155 Å². The van der Waals surface area contributed by atoms with Gasteiger partial charge in [-0.15, -0.1) is 0 Å². The highest BCUT2D eigenvalue weighted by Gasteiger charge is 2.27. The zero-order valence-corrected chi connectivity index (χ0v) is 18.7. The smallest absolute Gasteiger partial charge is 0.240 e. The summed E-state index contributed by atoms with van der Waals surface area (Å²) < 4.78 is 0. The van der Waals surface area contributed by atoms with Crippen molar-refractivity contribution >= 4 is 34.8 Å². The number of rotatable bonds is 7. The summed E-state index contributed by atoms with van der Waals surface area (Å²) >= 11 is 0. The molecule has 33 heavy (non-hydrogen) atoms. The summed E-state index contributed by atoms with van der Waals surface area (Å²) in [7, 11) is 0. The maximum absolute atomic E-state index is 13.3. The fraction of sp³-hybridized carbons (Fsp3) is 0.292. The fourth-order valence-corrected chi connectivity index (χ4v) is 3.87. The number of carbonyl (C=O) groups excluding carboxylic acids is 3. The lowest BCUT2D eigenvalue weighted by Crippen LogP contribution is -2.47. The van der Waals surface area contributed by atoms with E-state index in [1.807, 2.05) is 24.3 Å². The molecule has 3 rings (SSSR count). The molecule has 172 valence electrons. The molecule has 9 heteroatoms. The number of benzene rings is 2. The normalized spacial score (nSPS) is 16.2. The molecule has 3 amide bonds. The number of primary amides is 1. The third-order valence-electron chi connectivity index (χ3n) is 5.61. The van der Waals surface area contributed by atoms with E-state index in [1.54, 1.807) is 43.0 Å². The number of nitrogens with zero attached hydrogens (tertiary/aromatic N) is 2. The van der Waals surface area contributed by atoms with Gasteiger partial charge in [-0.25, -0.2) is 5.53 Å². The second-order valence-corrected chi connectivity index (χ2v) is 8.22. The molecule has 1 atom stereocenters. The summed E-state index contributed by atoms with van der Waals surface area (Å²) in [6, 6.07) is 13.7. The molecule has 1 aliphatic heterocycles. The van der Waals surface area contributed by atoms with Gasteiger partial charge in [-0.2, -0.15) is 5.11 Å². The van der Waals surface area contributed by atoms with E-state index in [0.29, 0.717) is 22.5 Å². The van der Waals surface area contributed by atoms with Crippen LogP contribution in [-0.2, 0) is 20.9 Å². The van der Waals surface area contributed by atoms with E-state index in [9.17, 15) is 14.4 Å². The molecular weight excluding hydrogens is 420 g/mol. The molecule has 6 N–H and O–H groups in total. The molecule has 0 bridgehead atoms. The van der Waals surface area contributed by atoms with Crippen molar-refractivity contribution in [2.24, 2.45) is 22.5 Å². The minimum absolute atomic E-state index is 0.0710. The van der Waals surface area contributed by atoms with Gasteiger partial charge in [0.2, 0.25) is 17.7 Å². The summed E-state index contributed by atoms with van der Waals surface area (Å²) in [4.78, 5) is 38.8. The second-order valence-electron chi connectivity index (χ2n) is 8.22. The standard InChI is InChI=1S/C24H28N6O3/c1-14(2)22(24(26)33)28-19(31)11-12-20(32)30-13-15-7-3-4-8-16(15)21(25)23(29-27)17-9-5-6-10-18(17)30/h3-10,14,22,27H,11-13,25H2,1-2H3,(H2,26,33)(H,28,31)/b23-21-,29-27?/t22-/m0/s1. The zero-order valence-electron chi connectivity index (χ0n) is 18.7. The molecule has 9 nitrogen and oxygen atoms in total. The lowest BCUT2D eigenvalue weighted by atomic mass is 9.96. The Kier molecular flexibility index (Phi) is 7.22. The van der Waals surface area contributed by atoms with Crippen LogP contribution in [0.25, 0.3) is 11.4 Å². The van der Waals surface area contributed by atoms with Crippen LogP contribution in [0.1, 0.15) is 43.4 Å². The number of nitrogens with one attached hydrogen (secondary N) is 2. The van der Waals surface area contributed by atoms with Crippen molar-refractivity contribution < 1.29 is 14.4 Å². The van der Waals surface area contributed by atoms with Gasteiger partial charge in [0.25, 0.3) is 0 Å². The molecule has 0 radical (unpaired) electrons. The molecule has 0 fully saturated rings. The Morgan fingerprint density at radius 1 is 1.06 bits per heavy atom. The van der Waals surface area contributed by atoms with Crippen LogP contribution >= 0.6 is 0 Å². The summed E-state index contributed by atoms with van der Waals surface area (Å²) in [5, 5.41) is 6.27. The maximum atomic E-state index is 13.3. The number of amides is 3. The molecule has 0 unspecified atom stereocenters. The molecule has 0 saturated carbocycles. The van der Waals surface area contributed by atoms with E-state index in [2.05, 4.69) is 10.4 Å². The van der Waals surface area contributed by atoms with Crippen molar-refractivity contribution in [2.75, 3.05) is 4.90 Å². The minimum Gasteiger partial charge on any atom is -0.396 e. The Morgan fingerprint density at radius 2 is 1.70 bits per heavy atom. The summed E-state index contributed by atoms with van der Waals surface area (Å²) in [6.07, 6.45) is -0.165. The van der Waals surface area contributed by atoms with Crippen LogP contribution < -0.4 is 21.7 Å². The number of para-hydroxylation sites is 1. The SMILES string of the molecule is CC(C)[C@H](NC(=O)CCC(=O)N1Cc2ccccc2/C(N)=C(/N=N)c2ccccc21)C(N)=O. The first-order chi connectivity index (χ1) is 15.7. The Morgan fingerprint density at radius 3 is 2.33 bits per heavy atom. The molecular formula is C24H28N6O3. The highest BCUT2D eigenvalue weighted by molar-refractivity contribution is 6.02. The van der Waals surface area contributed by atoms with E-state index >= 15 is 0 Å². The fourth-order valence-electron chi connectivity index (χ4n) is 3.87. The van der Waals surface area contributed by atoms with E-state index < -0.39 is 17.9 Å². The maximum Gasteiger partial charge on any atom is 0.240 e. The van der Waals surface area contributed by atoms with Crippen molar-refractivity contribution in [1.29, 1.82) is 5.53 Å². The lowest BCUT2D eigenvalue weighted by Gasteiger charge is -2.29. The van der Waals surface area contributed by atoms with Crippen LogP contribution in [0, 0.1) is 11.4 Å². The van der Waals surface area contributed by atoms with Gasteiger partial charge in [-0.05, 0) is 17.5 Å². The van der Waals surface area contributed by atoms with Crippen LogP contribution in [0.15, 0.2) is 53.6 Å². The quantitative estimate of drug-likeness (QED) is 0.481. The van der Waals surface area contributed by atoms with Crippen molar-refractivity contribution in [3.8, 4) is 0 Å². The Hall–Kier alpha value is -4.01. The second kappa shape index (κ2) is 10.1. The molecule has 1 heterocycles. The number of hydrogen-bond acceptors (Lipinski definition) is 6. The van der Waals surface area contributed by atoms with Crippen LogP contribution in [0.3, 0.4) is 0 Å². The highest BCUT2D eigenvalue weighted by Crippen LogP contribution is 2.36. The number of hydrogen-bond donors (Lipinski definition) is 4. The summed E-state index contributed by atoms with van der Waals surface area (Å²) in [6.45, 7) is 3.81. The van der Waals surface area contributed by atoms with Gasteiger partial charge in [0.1, 0.15) is 11.7 Å². The van der Waals surface area contributed by atoms with Gasteiger partial charge < -0.3 is 21.7 Å². The van der Waals surface area contributed by atoms with Crippen LogP contribution in [0.4, 0.5) is 5.69 Å². The Labute approximate surface area is 192 Å². The first kappa shape index (κ1) is 23.6. The zero-order chi connectivity index (χ0) is 24.1. The number of fused-ring (bicyclic) bond motifs is 2. The van der Waals surface area contributed by atoms with E-state index in [0.717, 1.165) is 5.56 Å². The van der Waals surface area contributed by atoms with Gasteiger partial charge in [-0.1, -0.05) is 56.3 Å². The van der Waals surface area contributed by atoms with Crippen molar-refractivity contribution in [2.45, 2.75) is 39.3 Å². The van der Waals surface area contributed by atoms with Crippen LogP contribution in [-0.4, -0.2) is 23.8 Å². The van der Waals surface area contributed by atoms with Crippen molar-refractivity contribution in [3.05, 3.63) is 65.2 Å². The molecule has 0 aromatic heterocycles. The van der Waals surface area contributed by atoms with Crippen molar-refractivity contribution in [3.63, 3.8) is 0 Å². The molecule has 2 aromatic carbocycles. The third kappa shape index (κ3) is 5.08. The predicted molar refractivity (Wildman–Crippen MR) is 125 cm³/mol. The molecule has 0 aliphatic carbocycles. The summed E-state index contributed by atoms with van der Waals surface area (Å²) in [5.41, 5.74) is 22.7. The lowest BCUT2D eigenvalue weighted by molar-refractivity contribution is -0.129. The van der Waals surface area contributed by atoms with Gasteiger partial charge in [-0.3, -0.25) is 14.4 Å². The van der Waals surface area contributed by atoms with E-state index in [-0.39, 0.29) is 36.9 Å². The largest absolute Gasteiger partial charge is 0.396 e. The van der Waals surface area contributed by atoms with Gasteiger partial charge >= 0.3 is 0 Å². The highest BCUT2D eigenvalue weighted by atomic mass is 16.2. The first-order valence-corrected chi connectivity index (χ1v) is 10.7. The van der Waals surface area contributed by atoms with Crippen LogP contribution in [0.2, 0.25) is 0 Å². The number of carbonyl (C=O) groups is 3. The monoisotopic (exact) mass is 448 g/mol. The van der Waals surface area contributed by atoms with Crippen LogP contribution in [0.5, 0.6) is 0 Å². The van der Waals surface area contributed by atoms with E-state index in [1.165, 1.54) is 0 Å².